The lowest BCUT2D eigenvalue weighted by Gasteiger charge is -2.09. The molecule has 0 aliphatic heterocycles. The molecule has 0 saturated carbocycles. The zero-order valence-electron chi connectivity index (χ0n) is 15.7. The van der Waals surface area contributed by atoms with E-state index < -0.39 is 23.1 Å². The molecule has 1 amide bonds. The molecule has 5 nitrogen and oxygen atoms in total. The first-order valence-electron chi connectivity index (χ1n) is 8.50. The van der Waals surface area contributed by atoms with Crippen LogP contribution in [0.2, 0.25) is 0 Å². The van der Waals surface area contributed by atoms with Crippen LogP contribution in [0.1, 0.15) is 21.5 Å². The van der Waals surface area contributed by atoms with Crippen LogP contribution in [-0.4, -0.2) is 23.8 Å². The van der Waals surface area contributed by atoms with Gasteiger partial charge in [-0.25, -0.2) is 8.78 Å². The maximum absolute atomic E-state index is 13.8. The molecular formula is C21H17F2N3O2S. The van der Waals surface area contributed by atoms with Gasteiger partial charge in [0.25, 0.3) is 5.91 Å². The monoisotopic (exact) mass is 413 g/mol. The van der Waals surface area contributed by atoms with Gasteiger partial charge in [-0.15, -0.1) is 11.3 Å². The quantitative estimate of drug-likeness (QED) is 0.356. The van der Waals surface area contributed by atoms with Gasteiger partial charge in [-0.1, -0.05) is 12.6 Å². The molecule has 148 valence electrons. The van der Waals surface area contributed by atoms with Crippen LogP contribution < -0.4 is 5.32 Å². The second kappa shape index (κ2) is 8.74. The first-order chi connectivity index (χ1) is 13.9. The number of pyridine rings is 1. The van der Waals surface area contributed by atoms with Crippen molar-refractivity contribution in [2.75, 3.05) is 12.4 Å². The number of carbonyl (C=O) groups is 1. The molecular weight excluding hydrogens is 396 g/mol. The first-order valence-corrected chi connectivity index (χ1v) is 9.32. The third-order valence-electron chi connectivity index (χ3n) is 4.07. The molecule has 3 rings (SSSR count). The molecule has 0 unspecified atom stereocenters. The smallest absolute Gasteiger partial charge is 0.262 e. The summed E-state index contributed by atoms with van der Waals surface area (Å²) in [7, 11) is 1.62. The Balaban J connectivity index is 1.88. The summed E-state index contributed by atoms with van der Waals surface area (Å²) >= 11 is 1.28. The number of aryl methyl sites for hydroxylation is 1. The zero-order valence-corrected chi connectivity index (χ0v) is 16.5. The number of hydrogen-bond acceptors (Lipinski definition) is 5. The molecule has 0 saturated heterocycles. The molecule has 0 aliphatic rings. The number of halogens is 2. The summed E-state index contributed by atoms with van der Waals surface area (Å²) in [5.41, 5.74) is 2.03. The summed E-state index contributed by atoms with van der Waals surface area (Å²) in [5, 5.41) is 2.98. The minimum atomic E-state index is -1.02. The van der Waals surface area contributed by atoms with Gasteiger partial charge in [0.1, 0.15) is 5.56 Å². The second-order valence-electron chi connectivity index (χ2n) is 5.94. The minimum Gasteiger partial charge on any atom is -0.447 e. The molecule has 1 aromatic carbocycles. The maximum atomic E-state index is 13.8. The van der Waals surface area contributed by atoms with Crippen molar-refractivity contribution < 1.29 is 18.3 Å². The van der Waals surface area contributed by atoms with E-state index in [4.69, 9.17) is 4.74 Å². The summed E-state index contributed by atoms with van der Waals surface area (Å²) < 4.78 is 32.8. The maximum Gasteiger partial charge on any atom is 0.262 e. The van der Waals surface area contributed by atoms with Crippen molar-refractivity contribution in [3.63, 3.8) is 0 Å². The lowest BCUT2D eigenvalue weighted by molar-refractivity contribution is 0.101. The van der Waals surface area contributed by atoms with E-state index in [1.807, 2.05) is 31.2 Å². The highest BCUT2D eigenvalue weighted by Crippen LogP contribution is 2.34. The van der Waals surface area contributed by atoms with Crippen molar-refractivity contribution in [1.82, 2.24) is 4.98 Å². The molecule has 0 fully saturated rings. The van der Waals surface area contributed by atoms with E-state index in [0.717, 1.165) is 34.0 Å². The van der Waals surface area contributed by atoms with E-state index in [1.54, 1.807) is 13.1 Å². The molecule has 8 heteroatoms. The largest absolute Gasteiger partial charge is 0.447 e. The van der Waals surface area contributed by atoms with Crippen LogP contribution in [0.5, 0.6) is 0 Å². The van der Waals surface area contributed by atoms with Crippen molar-refractivity contribution in [1.29, 1.82) is 0 Å². The summed E-state index contributed by atoms with van der Waals surface area (Å²) in [6.07, 6.45) is 2.90. The van der Waals surface area contributed by atoms with Gasteiger partial charge in [-0.05, 0) is 42.3 Å². The highest BCUT2D eigenvalue weighted by Gasteiger charge is 2.19. The third kappa shape index (κ3) is 4.38. The Morgan fingerprint density at radius 3 is 2.62 bits per heavy atom. The number of carbonyl (C=O) groups excluding carboxylic acids is 1. The number of anilines is 1. The van der Waals surface area contributed by atoms with Gasteiger partial charge in [-0.3, -0.25) is 14.8 Å². The molecule has 0 spiro atoms. The number of nitrogens with zero attached hydrogens (tertiary/aromatic N) is 2. The fraction of sp³-hybridized carbons (Fsp3) is 0.0952. The number of rotatable bonds is 5. The van der Waals surface area contributed by atoms with Crippen LogP contribution in [0.15, 0.2) is 60.6 Å². The average molecular weight is 413 g/mol. The first kappa shape index (κ1) is 20.3. The number of nitrogens with one attached hydrogen (secondary N) is 1. The van der Waals surface area contributed by atoms with Gasteiger partial charge in [0.15, 0.2) is 11.6 Å². The van der Waals surface area contributed by atoms with Crippen LogP contribution in [0.4, 0.5) is 13.8 Å². The van der Waals surface area contributed by atoms with Gasteiger partial charge in [0, 0.05) is 17.5 Å². The molecule has 1 N–H and O–H groups in total. The Morgan fingerprint density at radius 1 is 1.24 bits per heavy atom. The van der Waals surface area contributed by atoms with Crippen molar-refractivity contribution >= 4 is 28.1 Å². The Bertz CT molecular complexity index is 1090. The lowest BCUT2D eigenvalue weighted by Crippen LogP contribution is -2.15. The molecule has 2 aromatic heterocycles. The number of hydrogen-bond donors (Lipinski definition) is 1. The number of ether oxygens (including phenoxy) is 1. The number of amides is 1. The van der Waals surface area contributed by atoms with E-state index in [-0.39, 0.29) is 0 Å². The predicted octanol–water partition coefficient (Wildman–Crippen LogP) is 5.19. The molecule has 0 radical (unpaired) electrons. The number of aliphatic imine (C=N–C) groups is 1. The number of thiophene rings is 1. The van der Waals surface area contributed by atoms with Crippen LogP contribution in [0.3, 0.4) is 0 Å². The van der Waals surface area contributed by atoms with Crippen LogP contribution in [0, 0.1) is 18.6 Å². The van der Waals surface area contributed by atoms with Gasteiger partial charge in [0.05, 0.1) is 23.7 Å². The van der Waals surface area contributed by atoms with Crippen molar-refractivity contribution in [2.45, 2.75) is 6.92 Å². The van der Waals surface area contributed by atoms with Gasteiger partial charge in [-0.2, -0.15) is 0 Å². The number of benzene rings is 1. The summed E-state index contributed by atoms with van der Waals surface area (Å²) in [6, 6.07) is 9.23. The summed E-state index contributed by atoms with van der Waals surface area (Å²) in [5.74, 6) is -2.48. The third-order valence-corrected chi connectivity index (χ3v) is 5.11. The minimum absolute atomic E-state index is 0.426. The molecule has 0 bridgehead atoms. The standard InChI is InChI=1S/C21H17F2N3O2S/c1-4-28-21(24-3)13-6-5-12(2)14(9-13)17-7-8-18(29-17)26-20(27)19-15(22)10-25-11-16(19)23/h4-11H,1H2,2-3H3,(H,26,27). The van der Waals surface area contributed by atoms with Gasteiger partial charge < -0.3 is 10.1 Å². The molecule has 3 aromatic rings. The average Bonchev–Trinajstić information content (AvgIpc) is 3.14. The Morgan fingerprint density at radius 2 is 1.97 bits per heavy atom. The van der Waals surface area contributed by atoms with E-state index in [0.29, 0.717) is 10.9 Å². The highest BCUT2D eigenvalue weighted by atomic mass is 32.1. The van der Waals surface area contributed by atoms with E-state index in [1.165, 1.54) is 17.6 Å². The topological polar surface area (TPSA) is 63.6 Å². The zero-order chi connectivity index (χ0) is 21.0. The second-order valence-corrected chi connectivity index (χ2v) is 7.02. The van der Waals surface area contributed by atoms with Gasteiger partial charge >= 0.3 is 0 Å². The SMILES string of the molecule is C=COC(=NC)c1ccc(C)c(-c2ccc(NC(=O)c3c(F)cncc3F)s2)c1. The van der Waals surface area contributed by atoms with E-state index in [2.05, 4.69) is 21.9 Å². The fourth-order valence-electron chi connectivity index (χ4n) is 2.70. The highest BCUT2D eigenvalue weighted by molar-refractivity contribution is 7.19. The van der Waals surface area contributed by atoms with Crippen LogP contribution >= 0.6 is 11.3 Å². The van der Waals surface area contributed by atoms with Crippen LogP contribution in [0.25, 0.3) is 10.4 Å². The molecule has 2 heterocycles. The Hall–Kier alpha value is -3.39. The summed E-state index contributed by atoms with van der Waals surface area (Å²) in [4.78, 5) is 20.6. The van der Waals surface area contributed by atoms with Crippen molar-refractivity contribution in [2.24, 2.45) is 4.99 Å². The lowest BCUT2D eigenvalue weighted by atomic mass is 10.0. The molecule has 0 aliphatic carbocycles. The Kier molecular flexibility index (Phi) is 6.13. The van der Waals surface area contributed by atoms with Crippen molar-refractivity contribution in [3.8, 4) is 10.4 Å². The van der Waals surface area contributed by atoms with Gasteiger partial charge in [0.2, 0.25) is 5.90 Å². The van der Waals surface area contributed by atoms with E-state index >= 15 is 0 Å². The summed E-state index contributed by atoms with van der Waals surface area (Å²) in [6.45, 7) is 5.50. The normalized spacial score (nSPS) is 11.2. The Labute approximate surface area is 170 Å². The van der Waals surface area contributed by atoms with E-state index in [9.17, 15) is 13.6 Å². The van der Waals surface area contributed by atoms with Crippen molar-refractivity contribution in [3.05, 3.63) is 83.9 Å². The molecule has 0 atom stereocenters. The predicted molar refractivity (Wildman–Crippen MR) is 110 cm³/mol. The fourth-order valence-corrected chi connectivity index (χ4v) is 3.68. The number of aromatic nitrogens is 1. The van der Waals surface area contributed by atoms with Crippen LogP contribution in [-0.2, 0) is 4.74 Å². The molecule has 29 heavy (non-hydrogen) atoms.